The van der Waals surface area contributed by atoms with Gasteiger partial charge in [-0.15, -0.1) is 0 Å². The van der Waals surface area contributed by atoms with Gasteiger partial charge in [-0.05, 0) is 61.4 Å². The van der Waals surface area contributed by atoms with Crippen LogP contribution in [0.4, 0.5) is 11.4 Å². The standard InChI is InChI=1S/C19H20N2O4/c1-24-16-10-8-15(9-11-16)20-18(22)13-4-6-14(7-5-13)21-19(23)17-3-2-12-25-17/h4-11,17H,2-3,12H2,1H3,(H,20,22)(H,21,23). The predicted molar refractivity (Wildman–Crippen MR) is 95.0 cm³/mol. The van der Waals surface area contributed by atoms with Gasteiger partial charge in [0.25, 0.3) is 11.8 Å². The van der Waals surface area contributed by atoms with E-state index in [4.69, 9.17) is 9.47 Å². The third-order valence-corrected chi connectivity index (χ3v) is 3.98. The molecular weight excluding hydrogens is 320 g/mol. The van der Waals surface area contributed by atoms with E-state index in [1.807, 2.05) is 0 Å². The molecule has 2 N–H and O–H groups in total. The van der Waals surface area contributed by atoms with Crippen LogP contribution in [0.1, 0.15) is 23.2 Å². The topological polar surface area (TPSA) is 76.7 Å². The predicted octanol–water partition coefficient (Wildman–Crippen LogP) is 3.07. The van der Waals surface area contributed by atoms with Crippen LogP contribution in [0.3, 0.4) is 0 Å². The number of ether oxygens (including phenoxy) is 2. The van der Waals surface area contributed by atoms with Gasteiger partial charge in [-0.3, -0.25) is 9.59 Å². The van der Waals surface area contributed by atoms with Crippen molar-refractivity contribution in [2.24, 2.45) is 0 Å². The Balaban J connectivity index is 1.58. The zero-order valence-corrected chi connectivity index (χ0v) is 14.0. The minimum atomic E-state index is -0.377. The van der Waals surface area contributed by atoms with Crippen molar-refractivity contribution in [1.82, 2.24) is 0 Å². The van der Waals surface area contributed by atoms with Gasteiger partial charge in [0, 0.05) is 23.5 Å². The number of hydrogen-bond acceptors (Lipinski definition) is 4. The number of benzene rings is 2. The molecule has 2 aromatic rings. The number of rotatable bonds is 5. The first-order chi connectivity index (χ1) is 12.2. The number of amides is 2. The van der Waals surface area contributed by atoms with E-state index in [1.165, 1.54) is 0 Å². The second-order valence-electron chi connectivity index (χ2n) is 5.75. The summed E-state index contributed by atoms with van der Waals surface area (Å²) in [6.45, 7) is 0.628. The maximum absolute atomic E-state index is 12.3. The molecule has 2 aromatic carbocycles. The third kappa shape index (κ3) is 4.36. The van der Waals surface area contributed by atoms with Crippen molar-refractivity contribution in [3.8, 4) is 5.75 Å². The third-order valence-electron chi connectivity index (χ3n) is 3.98. The fourth-order valence-electron chi connectivity index (χ4n) is 2.59. The fourth-order valence-corrected chi connectivity index (χ4v) is 2.59. The van der Waals surface area contributed by atoms with Gasteiger partial charge >= 0.3 is 0 Å². The molecule has 0 spiro atoms. The van der Waals surface area contributed by atoms with Gasteiger partial charge in [0.15, 0.2) is 0 Å². The molecule has 0 saturated carbocycles. The monoisotopic (exact) mass is 340 g/mol. The van der Waals surface area contributed by atoms with E-state index in [9.17, 15) is 9.59 Å². The number of hydrogen-bond donors (Lipinski definition) is 2. The first-order valence-corrected chi connectivity index (χ1v) is 8.13. The van der Waals surface area contributed by atoms with Crippen molar-refractivity contribution in [3.05, 3.63) is 54.1 Å². The highest BCUT2D eigenvalue weighted by Crippen LogP contribution is 2.18. The summed E-state index contributed by atoms with van der Waals surface area (Å²) in [6, 6.07) is 13.8. The minimum absolute atomic E-state index is 0.145. The second-order valence-corrected chi connectivity index (χ2v) is 5.75. The van der Waals surface area contributed by atoms with Crippen molar-refractivity contribution in [1.29, 1.82) is 0 Å². The van der Waals surface area contributed by atoms with Gasteiger partial charge < -0.3 is 20.1 Å². The molecule has 1 aliphatic rings. The van der Waals surface area contributed by atoms with Gasteiger partial charge in [0.1, 0.15) is 11.9 Å². The lowest BCUT2D eigenvalue weighted by molar-refractivity contribution is -0.124. The number of anilines is 2. The normalized spacial score (nSPS) is 16.3. The molecule has 1 heterocycles. The Hall–Kier alpha value is -2.86. The van der Waals surface area contributed by atoms with Crippen molar-refractivity contribution >= 4 is 23.2 Å². The lowest BCUT2D eigenvalue weighted by Gasteiger charge is -2.11. The van der Waals surface area contributed by atoms with E-state index in [2.05, 4.69) is 10.6 Å². The molecule has 1 unspecified atom stereocenters. The van der Waals surface area contributed by atoms with E-state index in [0.717, 1.165) is 18.6 Å². The van der Waals surface area contributed by atoms with Gasteiger partial charge in [-0.1, -0.05) is 0 Å². The van der Waals surface area contributed by atoms with Crippen LogP contribution in [0.5, 0.6) is 5.75 Å². The summed E-state index contributed by atoms with van der Waals surface area (Å²) < 4.78 is 10.4. The SMILES string of the molecule is COc1ccc(NC(=O)c2ccc(NC(=O)C3CCCO3)cc2)cc1. The molecular formula is C19H20N2O4. The van der Waals surface area contributed by atoms with Gasteiger partial charge in [-0.25, -0.2) is 0 Å². The molecule has 6 heteroatoms. The molecule has 6 nitrogen and oxygen atoms in total. The van der Waals surface area contributed by atoms with Crippen molar-refractivity contribution in [2.45, 2.75) is 18.9 Å². The molecule has 0 radical (unpaired) electrons. The Morgan fingerprint density at radius 2 is 1.64 bits per heavy atom. The Kier molecular flexibility index (Phi) is 5.30. The van der Waals surface area contributed by atoms with Crippen LogP contribution < -0.4 is 15.4 Å². The highest BCUT2D eigenvalue weighted by atomic mass is 16.5. The van der Waals surface area contributed by atoms with Crippen LogP contribution in [0.15, 0.2) is 48.5 Å². The second kappa shape index (κ2) is 7.81. The average Bonchev–Trinajstić information content (AvgIpc) is 3.18. The highest BCUT2D eigenvalue weighted by molar-refractivity contribution is 6.04. The number of carbonyl (C=O) groups excluding carboxylic acids is 2. The highest BCUT2D eigenvalue weighted by Gasteiger charge is 2.23. The Bertz CT molecular complexity index is 735. The molecule has 130 valence electrons. The van der Waals surface area contributed by atoms with E-state index >= 15 is 0 Å². The minimum Gasteiger partial charge on any atom is -0.497 e. The average molecular weight is 340 g/mol. The summed E-state index contributed by atoms with van der Waals surface area (Å²) in [4.78, 5) is 24.3. The van der Waals surface area contributed by atoms with Gasteiger partial charge in [0.05, 0.1) is 7.11 Å². The Labute approximate surface area is 146 Å². The molecule has 0 bridgehead atoms. The molecule has 2 amide bonds. The summed E-state index contributed by atoms with van der Waals surface area (Å²) in [5.74, 6) is 0.361. The van der Waals surface area contributed by atoms with Crippen molar-refractivity contribution in [2.75, 3.05) is 24.4 Å². The van der Waals surface area contributed by atoms with Crippen LogP contribution in [0.25, 0.3) is 0 Å². The zero-order chi connectivity index (χ0) is 17.6. The lowest BCUT2D eigenvalue weighted by atomic mass is 10.1. The summed E-state index contributed by atoms with van der Waals surface area (Å²) in [7, 11) is 1.59. The number of nitrogens with one attached hydrogen (secondary N) is 2. The van der Waals surface area contributed by atoms with Crippen molar-refractivity contribution in [3.63, 3.8) is 0 Å². The quantitative estimate of drug-likeness (QED) is 0.877. The van der Waals surface area contributed by atoms with E-state index < -0.39 is 0 Å². The zero-order valence-electron chi connectivity index (χ0n) is 14.0. The molecule has 1 fully saturated rings. The van der Waals surface area contributed by atoms with Crippen LogP contribution in [-0.4, -0.2) is 31.6 Å². The molecule has 0 aromatic heterocycles. The smallest absolute Gasteiger partial charge is 0.255 e. The fraction of sp³-hybridized carbons (Fsp3) is 0.263. The first kappa shape index (κ1) is 17.0. The summed E-state index contributed by atoms with van der Waals surface area (Å²) in [6.07, 6.45) is 1.27. The Morgan fingerprint density at radius 1 is 1.00 bits per heavy atom. The van der Waals surface area contributed by atoms with Crippen molar-refractivity contribution < 1.29 is 19.1 Å². The lowest BCUT2D eigenvalue weighted by Crippen LogP contribution is -2.26. The molecule has 1 atom stereocenters. The summed E-state index contributed by atoms with van der Waals surface area (Å²) in [5, 5.41) is 5.62. The van der Waals surface area contributed by atoms with Crippen LogP contribution in [0.2, 0.25) is 0 Å². The molecule has 25 heavy (non-hydrogen) atoms. The summed E-state index contributed by atoms with van der Waals surface area (Å²) >= 11 is 0. The van der Waals surface area contributed by atoms with Gasteiger partial charge in [0.2, 0.25) is 0 Å². The first-order valence-electron chi connectivity index (χ1n) is 8.13. The summed E-state index contributed by atoms with van der Waals surface area (Å²) in [5.41, 5.74) is 1.83. The van der Waals surface area contributed by atoms with Crippen LogP contribution in [-0.2, 0) is 9.53 Å². The largest absolute Gasteiger partial charge is 0.497 e. The maximum atomic E-state index is 12.3. The molecule has 1 saturated heterocycles. The van der Waals surface area contributed by atoms with E-state index in [-0.39, 0.29) is 17.9 Å². The number of methoxy groups -OCH3 is 1. The van der Waals surface area contributed by atoms with Gasteiger partial charge in [-0.2, -0.15) is 0 Å². The van der Waals surface area contributed by atoms with Crippen LogP contribution >= 0.6 is 0 Å². The molecule has 1 aliphatic heterocycles. The maximum Gasteiger partial charge on any atom is 0.255 e. The Morgan fingerprint density at radius 3 is 2.24 bits per heavy atom. The van der Waals surface area contributed by atoms with E-state index in [1.54, 1.807) is 55.6 Å². The van der Waals surface area contributed by atoms with E-state index in [0.29, 0.717) is 23.5 Å². The molecule has 0 aliphatic carbocycles. The molecule has 3 rings (SSSR count). The number of carbonyl (C=O) groups is 2. The van der Waals surface area contributed by atoms with Crippen LogP contribution in [0, 0.1) is 0 Å².